The number of ether oxygens (including phenoxy) is 1. The van der Waals surface area contributed by atoms with Gasteiger partial charge in [-0.2, -0.15) is 0 Å². The molecule has 0 bridgehead atoms. The minimum absolute atomic E-state index is 0.379. The molecule has 2 unspecified atom stereocenters. The Morgan fingerprint density at radius 2 is 2.17 bits per heavy atom. The summed E-state index contributed by atoms with van der Waals surface area (Å²) in [5, 5.41) is 3.55. The monoisotopic (exact) mass is 171 g/mol. The van der Waals surface area contributed by atoms with E-state index in [0.29, 0.717) is 18.2 Å². The lowest BCUT2D eigenvalue weighted by atomic mass is 10.1. The van der Waals surface area contributed by atoms with Crippen molar-refractivity contribution in [3.05, 3.63) is 0 Å². The van der Waals surface area contributed by atoms with Crippen LogP contribution in [-0.2, 0) is 4.74 Å². The van der Waals surface area contributed by atoms with Gasteiger partial charge in [-0.3, -0.25) is 0 Å². The van der Waals surface area contributed by atoms with E-state index < -0.39 is 0 Å². The lowest BCUT2D eigenvalue weighted by Gasteiger charge is -2.13. The maximum atomic E-state index is 5.50. The van der Waals surface area contributed by atoms with Gasteiger partial charge in [-0.1, -0.05) is 0 Å². The van der Waals surface area contributed by atoms with E-state index in [1.54, 1.807) is 0 Å². The number of hydrogen-bond acceptors (Lipinski definition) is 2. The van der Waals surface area contributed by atoms with Gasteiger partial charge in [0.2, 0.25) is 0 Å². The van der Waals surface area contributed by atoms with Crippen LogP contribution in [0.4, 0.5) is 0 Å². The molecule has 0 aromatic heterocycles. The predicted molar refractivity (Wildman–Crippen MR) is 51.3 cm³/mol. The quantitative estimate of drug-likeness (QED) is 0.698. The van der Waals surface area contributed by atoms with Crippen molar-refractivity contribution < 1.29 is 4.74 Å². The van der Waals surface area contributed by atoms with Crippen molar-refractivity contribution in [3.63, 3.8) is 0 Å². The molecule has 0 aromatic rings. The molecule has 1 aliphatic heterocycles. The van der Waals surface area contributed by atoms with E-state index in [4.69, 9.17) is 4.74 Å². The van der Waals surface area contributed by atoms with Gasteiger partial charge in [-0.05, 0) is 40.0 Å². The maximum absolute atomic E-state index is 5.50. The Balaban J connectivity index is 2.00. The first-order valence-electron chi connectivity index (χ1n) is 5.06. The highest BCUT2D eigenvalue weighted by Crippen LogP contribution is 2.14. The summed E-state index contributed by atoms with van der Waals surface area (Å²) < 4.78 is 5.50. The number of hydrogen-bond donors (Lipinski definition) is 1. The van der Waals surface area contributed by atoms with Crippen LogP contribution in [0.5, 0.6) is 0 Å². The molecule has 72 valence electrons. The summed E-state index contributed by atoms with van der Waals surface area (Å²) >= 11 is 0. The standard InChI is InChI=1S/C10H21NO/c1-8(2)12-7-6-10-5-4-9(3)11-10/h8-11H,4-7H2,1-3H3. The minimum atomic E-state index is 0.379. The molecule has 0 radical (unpaired) electrons. The summed E-state index contributed by atoms with van der Waals surface area (Å²) in [6.45, 7) is 7.33. The van der Waals surface area contributed by atoms with Crippen molar-refractivity contribution in [1.82, 2.24) is 5.32 Å². The molecular weight excluding hydrogens is 150 g/mol. The lowest BCUT2D eigenvalue weighted by molar-refractivity contribution is 0.0724. The van der Waals surface area contributed by atoms with E-state index in [1.807, 2.05) is 0 Å². The molecule has 1 fully saturated rings. The van der Waals surface area contributed by atoms with E-state index in [1.165, 1.54) is 19.3 Å². The first-order valence-corrected chi connectivity index (χ1v) is 5.06. The van der Waals surface area contributed by atoms with Gasteiger partial charge in [0.1, 0.15) is 0 Å². The molecule has 0 spiro atoms. The molecule has 0 aromatic carbocycles. The maximum Gasteiger partial charge on any atom is 0.0518 e. The second kappa shape index (κ2) is 4.83. The second-order valence-corrected chi connectivity index (χ2v) is 4.05. The van der Waals surface area contributed by atoms with Crippen molar-refractivity contribution in [3.8, 4) is 0 Å². The summed E-state index contributed by atoms with van der Waals surface area (Å²) in [5.41, 5.74) is 0. The Bertz CT molecular complexity index is 125. The zero-order valence-electron chi connectivity index (χ0n) is 8.47. The fourth-order valence-electron chi connectivity index (χ4n) is 1.69. The molecule has 1 aliphatic rings. The third kappa shape index (κ3) is 3.55. The smallest absolute Gasteiger partial charge is 0.0518 e. The summed E-state index contributed by atoms with van der Waals surface area (Å²) in [6.07, 6.45) is 4.20. The van der Waals surface area contributed by atoms with E-state index in [9.17, 15) is 0 Å². The molecule has 2 nitrogen and oxygen atoms in total. The largest absolute Gasteiger partial charge is 0.379 e. The fraction of sp³-hybridized carbons (Fsp3) is 1.00. The number of nitrogens with one attached hydrogen (secondary N) is 1. The van der Waals surface area contributed by atoms with E-state index in [2.05, 4.69) is 26.1 Å². The fourth-order valence-corrected chi connectivity index (χ4v) is 1.69. The van der Waals surface area contributed by atoms with Gasteiger partial charge in [0.25, 0.3) is 0 Å². The molecule has 0 saturated carbocycles. The first kappa shape index (κ1) is 10.0. The summed E-state index contributed by atoms with van der Waals surface area (Å²) in [7, 11) is 0. The molecular formula is C10H21NO. The molecule has 0 amide bonds. The van der Waals surface area contributed by atoms with Crippen LogP contribution in [0, 0.1) is 0 Å². The zero-order chi connectivity index (χ0) is 8.97. The second-order valence-electron chi connectivity index (χ2n) is 4.05. The molecule has 1 heterocycles. The van der Waals surface area contributed by atoms with Gasteiger partial charge in [-0.15, -0.1) is 0 Å². The first-order chi connectivity index (χ1) is 5.68. The lowest BCUT2D eigenvalue weighted by Crippen LogP contribution is -2.28. The van der Waals surface area contributed by atoms with Gasteiger partial charge in [0.05, 0.1) is 6.10 Å². The third-order valence-corrected chi connectivity index (χ3v) is 2.39. The van der Waals surface area contributed by atoms with Crippen molar-refractivity contribution in [2.24, 2.45) is 0 Å². The van der Waals surface area contributed by atoms with Crippen molar-refractivity contribution in [2.75, 3.05) is 6.61 Å². The van der Waals surface area contributed by atoms with Gasteiger partial charge in [-0.25, -0.2) is 0 Å². The van der Waals surface area contributed by atoms with E-state index >= 15 is 0 Å². The van der Waals surface area contributed by atoms with Gasteiger partial charge < -0.3 is 10.1 Å². The van der Waals surface area contributed by atoms with E-state index in [-0.39, 0.29) is 0 Å². The molecule has 2 heteroatoms. The Hall–Kier alpha value is -0.0800. The molecule has 1 saturated heterocycles. The molecule has 0 aliphatic carbocycles. The van der Waals surface area contributed by atoms with E-state index in [0.717, 1.165) is 6.61 Å². The topological polar surface area (TPSA) is 21.3 Å². The highest BCUT2D eigenvalue weighted by Gasteiger charge is 2.19. The Morgan fingerprint density at radius 1 is 1.42 bits per heavy atom. The zero-order valence-corrected chi connectivity index (χ0v) is 8.47. The van der Waals surface area contributed by atoms with Gasteiger partial charge >= 0.3 is 0 Å². The highest BCUT2D eigenvalue weighted by atomic mass is 16.5. The van der Waals surface area contributed by atoms with Gasteiger partial charge in [0.15, 0.2) is 0 Å². The van der Waals surface area contributed by atoms with Crippen LogP contribution in [0.15, 0.2) is 0 Å². The SMILES string of the molecule is CC1CCC(CCOC(C)C)N1. The average molecular weight is 171 g/mol. The summed E-state index contributed by atoms with van der Waals surface area (Å²) in [4.78, 5) is 0. The van der Waals surface area contributed by atoms with Crippen LogP contribution in [0.3, 0.4) is 0 Å². The molecule has 12 heavy (non-hydrogen) atoms. The minimum Gasteiger partial charge on any atom is -0.379 e. The van der Waals surface area contributed by atoms with Crippen molar-refractivity contribution in [1.29, 1.82) is 0 Å². The average Bonchev–Trinajstić information content (AvgIpc) is 2.35. The van der Waals surface area contributed by atoms with Crippen LogP contribution >= 0.6 is 0 Å². The third-order valence-electron chi connectivity index (χ3n) is 2.39. The Kier molecular flexibility index (Phi) is 4.02. The molecule has 1 N–H and O–H groups in total. The predicted octanol–water partition coefficient (Wildman–Crippen LogP) is 1.94. The summed E-state index contributed by atoms with van der Waals surface area (Å²) in [6, 6.07) is 1.42. The van der Waals surface area contributed by atoms with Crippen LogP contribution in [-0.4, -0.2) is 24.8 Å². The summed E-state index contributed by atoms with van der Waals surface area (Å²) in [5.74, 6) is 0. The van der Waals surface area contributed by atoms with Crippen LogP contribution in [0.1, 0.15) is 40.0 Å². The molecule has 2 atom stereocenters. The normalized spacial score (nSPS) is 30.0. The Morgan fingerprint density at radius 3 is 2.67 bits per heavy atom. The van der Waals surface area contributed by atoms with Crippen molar-refractivity contribution >= 4 is 0 Å². The Labute approximate surface area is 75.7 Å². The van der Waals surface area contributed by atoms with Crippen LogP contribution < -0.4 is 5.32 Å². The van der Waals surface area contributed by atoms with Crippen LogP contribution in [0.25, 0.3) is 0 Å². The van der Waals surface area contributed by atoms with Crippen molar-refractivity contribution in [2.45, 2.75) is 58.2 Å². The number of rotatable bonds is 4. The molecule has 1 rings (SSSR count). The highest BCUT2D eigenvalue weighted by molar-refractivity contribution is 4.80. The van der Waals surface area contributed by atoms with Gasteiger partial charge in [0, 0.05) is 18.7 Å². The van der Waals surface area contributed by atoms with Crippen LogP contribution in [0.2, 0.25) is 0 Å².